The summed E-state index contributed by atoms with van der Waals surface area (Å²) in [6.45, 7) is 1.19. The number of aliphatic carboxylic acids is 1. The van der Waals surface area contributed by atoms with Crippen LogP contribution in [0.1, 0.15) is 25.5 Å². The van der Waals surface area contributed by atoms with Crippen LogP contribution in [0.5, 0.6) is 0 Å². The fourth-order valence-electron chi connectivity index (χ4n) is 2.64. The third-order valence-electron chi connectivity index (χ3n) is 4.51. The van der Waals surface area contributed by atoms with Gasteiger partial charge in [0, 0.05) is 30.5 Å². The fraction of sp³-hybridized carbons (Fsp3) is 0.556. The van der Waals surface area contributed by atoms with Gasteiger partial charge in [-0.2, -0.15) is 12.6 Å². The number of H-pyrrole nitrogens is 1. The SMILES string of the molecule is CC(O)C(NC(=O)C(CS)NC(=O)C(Cc1cnc[nH]1)NC(=O)C(N)CCC(N)=O)C(=O)O. The standard InChI is InChI=1S/C18H29N7O7S/c1-8(26)14(18(31)32)25-17(30)12(6-33)24-16(29)11(4-9-5-21-7-22-9)23-15(28)10(19)2-3-13(20)27/h5,7-8,10-12,14,26,33H,2-4,6,19H2,1H3,(H2,20,27)(H,21,22)(H,23,28)(H,24,29)(H,25,30)(H,31,32). The molecule has 15 heteroatoms. The third-order valence-corrected chi connectivity index (χ3v) is 4.88. The molecule has 1 heterocycles. The summed E-state index contributed by atoms with van der Waals surface area (Å²) >= 11 is 4.01. The molecule has 0 aliphatic carbocycles. The van der Waals surface area contributed by atoms with Gasteiger partial charge in [-0.15, -0.1) is 0 Å². The van der Waals surface area contributed by atoms with Crippen LogP contribution in [0.15, 0.2) is 12.5 Å². The lowest BCUT2D eigenvalue weighted by Crippen LogP contribution is -2.59. The number of primary amides is 1. The number of imidazole rings is 1. The summed E-state index contributed by atoms with van der Waals surface area (Å²) in [6, 6.07) is -5.17. The Hall–Kier alpha value is -3.17. The predicted octanol–water partition coefficient (Wildman–Crippen LogP) is -3.61. The minimum Gasteiger partial charge on any atom is -0.480 e. The van der Waals surface area contributed by atoms with Gasteiger partial charge >= 0.3 is 5.97 Å². The van der Waals surface area contributed by atoms with Crippen LogP contribution in [0.4, 0.5) is 0 Å². The minimum absolute atomic E-state index is 0.0306. The maximum absolute atomic E-state index is 12.9. The molecule has 5 atom stereocenters. The zero-order valence-corrected chi connectivity index (χ0v) is 18.7. The summed E-state index contributed by atoms with van der Waals surface area (Å²) in [4.78, 5) is 66.4. The zero-order valence-electron chi connectivity index (χ0n) is 17.9. The van der Waals surface area contributed by atoms with Crippen molar-refractivity contribution in [1.82, 2.24) is 25.9 Å². The van der Waals surface area contributed by atoms with Crippen molar-refractivity contribution in [1.29, 1.82) is 0 Å². The maximum atomic E-state index is 12.9. The van der Waals surface area contributed by atoms with Crippen molar-refractivity contribution in [3.63, 3.8) is 0 Å². The number of carbonyl (C=O) groups is 5. The molecule has 0 aliphatic rings. The number of carboxylic acid groups (broad SMARTS) is 1. The summed E-state index contributed by atoms with van der Waals surface area (Å²) in [6.07, 6.45) is 1.22. The van der Waals surface area contributed by atoms with Gasteiger partial charge < -0.3 is 42.6 Å². The van der Waals surface area contributed by atoms with E-state index in [0.717, 1.165) is 0 Å². The van der Waals surface area contributed by atoms with Crippen molar-refractivity contribution < 1.29 is 34.2 Å². The number of amides is 4. The number of hydrogen-bond acceptors (Lipinski definition) is 9. The Balaban J connectivity index is 2.92. The number of carbonyl (C=O) groups excluding carboxylic acids is 4. The number of nitrogens with one attached hydrogen (secondary N) is 4. The molecule has 0 saturated heterocycles. The van der Waals surface area contributed by atoms with Gasteiger partial charge in [-0.3, -0.25) is 19.2 Å². The van der Waals surface area contributed by atoms with Gasteiger partial charge in [-0.1, -0.05) is 0 Å². The van der Waals surface area contributed by atoms with Crippen LogP contribution in [0, 0.1) is 0 Å². The first kappa shape index (κ1) is 27.9. The van der Waals surface area contributed by atoms with E-state index >= 15 is 0 Å². The predicted molar refractivity (Wildman–Crippen MR) is 118 cm³/mol. The van der Waals surface area contributed by atoms with Gasteiger partial charge in [0.05, 0.1) is 18.5 Å². The van der Waals surface area contributed by atoms with E-state index < -0.39 is 59.9 Å². The van der Waals surface area contributed by atoms with Gasteiger partial charge in [0.2, 0.25) is 23.6 Å². The Bertz CT molecular complexity index is 834. The molecule has 184 valence electrons. The van der Waals surface area contributed by atoms with E-state index in [2.05, 4.69) is 38.5 Å². The first-order valence-electron chi connectivity index (χ1n) is 9.90. The summed E-state index contributed by atoms with van der Waals surface area (Å²) in [5.74, 6) is -4.69. The summed E-state index contributed by atoms with van der Waals surface area (Å²) in [5.41, 5.74) is 11.3. The zero-order chi connectivity index (χ0) is 25.1. The van der Waals surface area contributed by atoms with Gasteiger partial charge in [0.1, 0.15) is 12.1 Å². The van der Waals surface area contributed by atoms with Crippen molar-refractivity contribution in [2.24, 2.45) is 11.5 Å². The number of hydrogen-bond donors (Lipinski definition) is 9. The molecule has 0 spiro atoms. The lowest BCUT2D eigenvalue weighted by atomic mass is 10.1. The van der Waals surface area contributed by atoms with Crippen LogP contribution >= 0.6 is 12.6 Å². The highest BCUT2D eigenvalue weighted by Crippen LogP contribution is 2.03. The fourth-order valence-corrected chi connectivity index (χ4v) is 2.90. The molecule has 10 N–H and O–H groups in total. The van der Waals surface area contributed by atoms with Crippen LogP contribution in [0.3, 0.4) is 0 Å². The molecule has 5 unspecified atom stereocenters. The van der Waals surface area contributed by atoms with Crippen molar-refractivity contribution in [2.75, 3.05) is 5.75 Å². The van der Waals surface area contributed by atoms with Crippen molar-refractivity contribution >= 4 is 42.2 Å². The maximum Gasteiger partial charge on any atom is 0.328 e. The van der Waals surface area contributed by atoms with Gasteiger partial charge in [-0.25, -0.2) is 9.78 Å². The Morgan fingerprint density at radius 2 is 1.73 bits per heavy atom. The molecule has 0 aliphatic heterocycles. The van der Waals surface area contributed by atoms with E-state index in [0.29, 0.717) is 5.69 Å². The topological polar surface area (TPSA) is 243 Å². The lowest BCUT2D eigenvalue weighted by molar-refractivity contribution is -0.145. The van der Waals surface area contributed by atoms with Gasteiger partial charge in [0.15, 0.2) is 6.04 Å². The van der Waals surface area contributed by atoms with E-state index in [-0.39, 0.29) is 25.0 Å². The molecule has 14 nitrogen and oxygen atoms in total. The minimum atomic E-state index is -1.60. The van der Waals surface area contributed by atoms with E-state index in [9.17, 15) is 29.1 Å². The Morgan fingerprint density at radius 3 is 2.21 bits per heavy atom. The molecule has 0 aromatic carbocycles. The molecule has 4 amide bonds. The number of nitrogens with zero attached hydrogens (tertiary/aromatic N) is 1. The van der Waals surface area contributed by atoms with Crippen molar-refractivity contribution in [2.45, 2.75) is 56.5 Å². The molecule has 1 rings (SSSR count). The monoisotopic (exact) mass is 487 g/mol. The quantitative estimate of drug-likeness (QED) is 0.117. The second-order valence-corrected chi connectivity index (χ2v) is 7.63. The summed E-state index contributed by atoms with van der Waals surface area (Å²) in [5, 5.41) is 25.6. The molecule has 0 bridgehead atoms. The Morgan fingerprint density at radius 1 is 1.12 bits per heavy atom. The molecule has 33 heavy (non-hydrogen) atoms. The second-order valence-electron chi connectivity index (χ2n) is 7.26. The number of aromatic amines is 1. The molecular formula is C18H29N7O7S. The Labute approximate surface area is 194 Å². The van der Waals surface area contributed by atoms with E-state index in [1.54, 1.807) is 0 Å². The average molecular weight is 488 g/mol. The molecule has 1 aromatic rings. The molecular weight excluding hydrogens is 458 g/mol. The number of rotatable bonds is 14. The first-order valence-corrected chi connectivity index (χ1v) is 10.5. The Kier molecular flexibility index (Phi) is 11.3. The highest BCUT2D eigenvalue weighted by Gasteiger charge is 2.31. The number of aliphatic hydroxyl groups excluding tert-OH is 1. The normalized spacial score (nSPS) is 15.4. The smallest absolute Gasteiger partial charge is 0.328 e. The van der Waals surface area contributed by atoms with Crippen molar-refractivity contribution in [3.8, 4) is 0 Å². The summed E-state index contributed by atoms with van der Waals surface area (Å²) < 4.78 is 0. The lowest BCUT2D eigenvalue weighted by Gasteiger charge is -2.25. The average Bonchev–Trinajstić information content (AvgIpc) is 3.25. The number of aliphatic hydroxyl groups is 1. The highest BCUT2D eigenvalue weighted by atomic mass is 32.1. The van der Waals surface area contributed by atoms with Gasteiger partial charge in [0.25, 0.3) is 0 Å². The second kappa shape index (κ2) is 13.4. The molecule has 0 saturated carbocycles. The van der Waals surface area contributed by atoms with Crippen molar-refractivity contribution in [3.05, 3.63) is 18.2 Å². The van der Waals surface area contributed by atoms with E-state index in [1.165, 1.54) is 19.4 Å². The van der Waals surface area contributed by atoms with Crippen LogP contribution < -0.4 is 27.4 Å². The largest absolute Gasteiger partial charge is 0.480 e. The van der Waals surface area contributed by atoms with Crippen LogP contribution in [-0.4, -0.2) is 85.8 Å². The first-order chi connectivity index (χ1) is 15.5. The van der Waals surface area contributed by atoms with E-state index in [4.69, 9.17) is 16.6 Å². The van der Waals surface area contributed by atoms with E-state index in [1.807, 2.05) is 0 Å². The third kappa shape index (κ3) is 9.46. The summed E-state index contributed by atoms with van der Waals surface area (Å²) in [7, 11) is 0. The number of thiol groups is 1. The van der Waals surface area contributed by atoms with Crippen LogP contribution in [0.25, 0.3) is 0 Å². The molecule has 1 aromatic heterocycles. The van der Waals surface area contributed by atoms with Crippen LogP contribution in [-0.2, 0) is 30.4 Å². The number of carboxylic acids is 1. The van der Waals surface area contributed by atoms with Gasteiger partial charge in [-0.05, 0) is 13.3 Å². The number of nitrogens with two attached hydrogens (primary N) is 2. The van der Waals surface area contributed by atoms with Crippen LogP contribution in [0.2, 0.25) is 0 Å². The molecule has 0 fully saturated rings. The number of aromatic nitrogens is 2. The highest BCUT2D eigenvalue weighted by molar-refractivity contribution is 7.80. The molecule has 0 radical (unpaired) electrons.